The van der Waals surface area contributed by atoms with Crippen LogP contribution < -0.4 is 4.90 Å². The number of aromatic nitrogens is 4. The second-order valence-electron chi connectivity index (χ2n) is 6.02. The van der Waals surface area contributed by atoms with Gasteiger partial charge in [-0.2, -0.15) is 4.98 Å². The summed E-state index contributed by atoms with van der Waals surface area (Å²) in [5, 5.41) is 4.08. The van der Waals surface area contributed by atoms with Crippen molar-refractivity contribution in [2.45, 2.75) is 13.8 Å². The van der Waals surface area contributed by atoms with Crippen LogP contribution in [0.5, 0.6) is 0 Å². The van der Waals surface area contributed by atoms with Crippen LogP contribution in [0.2, 0.25) is 0 Å². The highest BCUT2D eigenvalue weighted by molar-refractivity contribution is 7.13. The monoisotopic (exact) mass is 356 g/mol. The van der Waals surface area contributed by atoms with Crippen molar-refractivity contribution in [3.8, 4) is 22.2 Å². The Morgan fingerprint density at radius 2 is 2.00 bits per heavy atom. The molecule has 0 spiro atoms. The fourth-order valence-electron chi connectivity index (χ4n) is 2.94. The lowest BCUT2D eigenvalue weighted by molar-refractivity contribution is 0.270. The van der Waals surface area contributed by atoms with Gasteiger partial charge in [0.25, 0.3) is 5.89 Å². The molecule has 1 saturated heterocycles. The Kier molecular flexibility index (Phi) is 4.46. The van der Waals surface area contributed by atoms with Crippen molar-refractivity contribution in [2.24, 2.45) is 0 Å². The first-order valence-corrected chi connectivity index (χ1v) is 9.30. The van der Waals surface area contributed by atoms with Gasteiger partial charge >= 0.3 is 0 Å². The summed E-state index contributed by atoms with van der Waals surface area (Å²) in [7, 11) is 0. The predicted octanol–water partition coefficient (Wildman–Crippen LogP) is 2.71. The second kappa shape index (κ2) is 6.89. The number of nitrogens with zero attached hydrogens (tertiary/aromatic N) is 6. The molecule has 0 unspecified atom stereocenters. The molecule has 0 amide bonds. The van der Waals surface area contributed by atoms with Crippen molar-refractivity contribution < 1.29 is 4.52 Å². The fourth-order valence-corrected chi connectivity index (χ4v) is 3.66. The molecule has 3 aromatic rings. The van der Waals surface area contributed by atoms with Crippen LogP contribution >= 0.6 is 11.3 Å². The number of rotatable bonds is 4. The molecule has 7 nitrogen and oxygen atoms in total. The van der Waals surface area contributed by atoms with Crippen LogP contribution in [0.3, 0.4) is 0 Å². The highest BCUT2D eigenvalue weighted by atomic mass is 32.1. The van der Waals surface area contributed by atoms with E-state index in [0.717, 1.165) is 54.7 Å². The van der Waals surface area contributed by atoms with Gasteiger partial charge in [0.1, 0.15) is 10.7 Å². The Labute approximate surface area is 150 Å². The molecule has 25 heavy (non-hydrogen) atoms. The Hall–Kier alpha value is -2.32. The minimum absolute atomic E-state index is 0.509. The minimum atomic E-state index is 0.509. The fraction of sp³-hybridized carbons (Fsp3) is 0.412. The lowest BCUT2D eigenvalue weighted by Gasteiger charge is -2.34. The number of anilines is 1. The van der Waals surface area contributed by atoms with Crippen LogP contribution in [0, 0.1) is 6.92 Å². The number of hydrogen-bond acceptors (Lipinski definition) is 8. The van der Waals surface area contributed by atoms with Gasteiger partial charge in [-0.3, -0.25) is 0 Å². The SMILES string of the molecule is CCN1CCN(c2ccc(-c3noc(-c4scnc4C)n3)cn2)CC1. The van der Waals surface area contributed by atoms with Crippen LogP contribution in [0.15, 0.2) is 28.4 Å². The molecule has 130 valence electrons. The smallest absolute Gasteiger partial charge is 0.270 e. The molecular weight excluding hydrogens is 336 g/mol. The molecule has 4 rings (SSSR count). The maximum Gasteiger partial charge on any atom is 0.270 e. The van der Waals surface area contributed by atoms with Crippen LogP contribution in [0.1, 0.15) is 12.6 Å². The van der Waals surface area contributed by atoms with Gasteiger partial charge in [-0.15, -0.1) is 11.3 Å². The number of piperazine rings is 1. The van der Waals surface area contributed by atoms with Gasteiger partial charge < -0.3 is 14.3 Å². The zero-order valence-corrected chi connectivity index (χ0v) is 15.2. The highest BCUT2D eigenvalue weighted by Crippen LogP contribution is 2.28. The average Bonchev–Trinajstić information content (AvgIpc) is 3.31. The first-order chi connectivity index (χ1) is 12.2. The largest absolute Gasteiger partial charge is 0.354 e. The number of thiazole rings is 1. The maximum atomic E-state index is 5.38. The van der Waals surface area contributed by atoms with Crippen molar-refractivity contribution in [3.05, 3.63) is 29.5 Å². The Morgan fingerprint density at radius 3 is 2.64 bits per heavy atom. The molecule has 1 aliphatic rings. The number of aryl methyl sites for hydroxylation is 1. The molecular formula is C17H20N6OS. The van der Waals surface area contributed by atoms with E-state index in [9.17, 15) is 0 Å². The van der Waals surface area contributed by atoms with E-state index in [4.69, 9.17) is 4.52 Å². The van der Waals surface area contributed by atoms with E-state index >= 15 is 0 Å². The lowest BCUT2D eigenvalue weighted by atomic mass is 10.2. The summed E-state index contributed by atoms with van der Waals surface area (Å²) in [6, 6.07) is 4.04. The summed E-state index contributed by atoms with van der Waals surface area (Å²) < 4.78 is 5.38. The van der Waals surface area contributed by atoms with Gasteiger partial charge in [-0.25, -0.2) is 9.97 Å². The molecule has 1 fully saturated rings. The molecule has 0 N–H and O–H groups in total. The number of hydrogen-bond donors (Lipinski definition) is 0. The van der Waals surface area contributed by atoms with Crippen molar-refractivity contribution in [1.82, 2.24) is 25.0 Å². The summed E-state index contributed by atoms with van der Waals surface area (Å²) in [6.45, 7) is 9.44. The van der Waals surface area contributed by atoms with E-state index in [2.05, 4.69) is 36.8 Å². The third kappa shape index (κ3) is 3.27. The van der Waals surface area contributed by atoms with Gasteiger partial charge in [0, 0.05) is 37.9 Å². The van der Waals surface area contributed by atoms with Crippen molar-refractivity contribution in [3.63, 3.8) is 0 Å². The van der Waals surface area contributed by atoms with Gasteiger partial charge in [0.2, 0.25) is 5.82 Å². The Balaban J connectivity index is 1.49. The molecule has 8 heteroatoms. The normalized spacial score (nSPS) is 15.7. The van der Waals surface area contributed by atoms with E-state index < -0.39 is 0 Å². The summed E-state index contributed by atoms with van der Waals surface area (Å²) in [6.07, 6.45) is 1.82. The Morgan fingerprint density at radius 1 is 1.16 bits per heavy atom. The first kappa shape index (κ1) is 16.2. The summed E-state index contributed by atoms with van der Waals surface area (Å²) in [5.74, 6) is 2.06. The summed E-state index contributed by atoms with van der Waals surface area (Å²) >= 11 is 1.50. The second-order valence-corrected chi connectivity index (χ2v) is 6.87. The lowest BCUT2D eigenvalue weighted by Crippen LogP contribution is -2.46. The third-order valence-electron chi connectivity index (χ3n) is 4.52. The van der Waals surface area contributed by atoms with Crippen LogP contribution in [-0.2, 0) is 0 Å². The van der Waals surface area contributed by atoms with Crippen LogP contribution in [-0.4, -0.2) is 57.7 Å². The maximum absolute atomic E-state index is 5.38. The molecule has 0 bridgehead atoms. The number of pyridine rings is 1. The van der Waals surface area contributed by atoms with Gasteiger partial charge in [-0.05, 0) is 25.6 Å². The molecule has 0 aromatic carbocycles. The third-order valence-corrected chi connectivity index (χ3v) is 5.43. The van der Waals surface area contributed by atoms with Crippen LogP contribution in [0.25, 0.3) is 22.2 Å². The highest BCUT2D eigenvalue weighted by Gasteiger charge is 2.18. The van der Waals surface area contributed by atoms with E-state index in [1.165, 1.54) is 11.3 Å². The Bertz CT molecular complexity index is 835. The first-order valence-electron chi connectivity index (χ1n) is 8.42. The van der Waals surface area contributed by atoms with E-state index in [1.54, 1.807) is 5.51 Å². The minimum Gasteiger partial charge on any atom is -0.354 e. The summed E-state index contributed by atoms with van der Waals surface area (Å²) in [5.41, 5.74) is 3.54. The molecule has 0 aliphatic carbocycles. The molecule has 0 saturated carbocycles. The number of likely N-dealkylation sites (N-methyl/N-ethyl adjacent to an activating group) is 1. The topological polar surface area (TPSA) is 71.2 Å². The van der Waals surface area contributed by atoms with Gasteiger partial charge in [0.05, 0.1) is 11.2 Å². The van der Waals surface area contributed by atoms with Gasteiger partial charge in [-0.1, -0.05) is 12.1 Å². The van der Waals surface area contributed by atoms with E-state index in [-0.39, 0.29) is 0 Å². The molecule has 0 radical (unpaired) electrons. The quantitative estimate of drug-likeness (QED) is 0.712. The average molecular weight is 356 g/mol. The van der Waals surface area contributed by atoms with Crippen molar-refractivity contribution in [2.75, 3.05) is 37.6 Å². The van der Waals surface area contributed by atoms with Crippen molar-refractivity contribution in [1.29, 1.82) is 0 Å². The molecule has 1 aliphatic heterocycles. The summed E-state index contributed by atoms with van der Waals surface area (Å²) in [4.78, 5) is 19.0. The predicted molar refractivity (Wildman–Crippen MR) is 97.7 cm³/mol. The molecule has 0 atom stereocenters. The van der Waals surface area contributed by atoms with Crippen molar-refractivity contribution >= 4 is 17.2 Å². The molecule has 4 heterocycles. The molecule has 3 aromatic heterocycles. The zero-order chi connectivity index (χ0) is 17.2. The van der Waals surface area contributed by atoms with Crippen LogP contribution in [0.4, 0.5) is 5.82 Å². The van der Waals surface area contributed by atoms with E-state index in [0.29, 0.717) is 11.7 Å². The van der Waals surface area contributed by atoms with E-state index in [1.807, 2.05) is 25.3 Å². The van der Waals surface area contributed by atoms with Gasteiger partial charge in [0.15, 0.2) is 0 Å². The standard InChI is InChI=1S/C17H20N6OS/c1-3-22-6-8-23(9-7-22)14-5-4-13(10-18-14)16-20-17(24-21-16)15-12(2)19-11-25-15/h4-5,10-11H,3,6-9H2,1-2H3. The zero-order valence-electron chi connectivity index (χ0n) is 14.3.